The van der Waals surface area contributed by atoms with Crippen LogP contribution in [0.4, 0.5) is 5.69 Å². The Labute approximate surface area is 183 Å². The molecule has 11 nitrogen and oxygen atoms in total. The van der Waals surface area contributed by atoms with Crippen LogP contribution in [0, 0.1) is 10.1 Å². The third-order valence-electron chi connectivity index (χ3n) is 4.15. The smallest absolute Gasteiger partial charge is 0.284 e. The highest BCUT2D eigenvalue weighted by molar-refractivity contribution is 7.99. The van der Waals surface area contributed by atoms with Gasteiger partial charge < -0.3 is 4.90 Å². The second-order valence-corrected chi connectivity index (χ2v) is 9.53. The first-order valence-electron chi connectivity index (χ1n) is 9.22. The molecular weight excluding hydrogens is 442 g/mol. The van der Waals surface area contributed by atoms with E-state index in [0.29, 0.717) is 23.8 Å². The lowest BCUT2D eigenvalue weighted by Crippen LogP contribution is -2.27. The van der Waals surface area contributed by atoms with Gasteiger partial charge in [-0.2, -0.15) is 4.68 Å². The van der Waals surface area contributed by atoms with Crippen LogP contribution in [0.2, 0.25) is 0 Å². The maximum absolute atomic E-state index is 12.5. The lowest BCUT2D eigenvalue weighted by Gasteiger charge is -2.11. The first-order chi connectivity index (χ1) is 14.8. The number of hydrogen-bond acceptors (Lipinski definition) is 9. The first-order valence-corrected chi connectivity index (χ1v) is 11.5. The number of para-hydroxylation sites is 1. The number of aromatic nitrogens is 4. The molecule has 3 rings (SSSR count). The quantitative estimate of drug-likeness (QED) is 0.272. The van der Waals surface area contributed by atoms with E-state index in [2.05, 4.69) is 20.2 Å². The van der Waals surface area contributed by atoms with Crippen molar-refractivity contribution in [2.24, 2.45) is 0 Å². The van der Waals surface area contributed by atoms with Gasteiger partial charge in [0.25, 0.3) is 5.69 Å². The number of nitro groups is 1. The molecule has 2 aromatic carbocycles. The molecular formula is C18H21N7O4S2. The van der Waals surface area contributed by atoms with Gasteiger partial charge in [-0.15, -0.1) is 5.10 Å². The number of nitro benzene ring substituents is 1. The van der Waals surface area contributed by atoms with Crippen LogP contribution in [0.15, 0.2) is 63.5 Å². The van der Waals surface area contributed by atoms with E-state index in [1.807, 2.05) is 37.2 Å². The average molecular weight is 464 g/mol. The van der Waals surface area contributed by atoms with Gasteiger partial charge in [0.1, 0.15) is 0 Å². The van der Waals surface area contributed by atoms with Gasteiger partial charge in [-0.3, -0.25) is 10.1 Å². The van der Waals surface area contributed by atoms with E-state index in [1.54, 1.807) is 12.1 Å². The van der Waals surface area contributed by atoms with E-state index in [1.165, 1.54) is 16.8 Å². The summed E-state index contributed by atoms with van der Waals surface area (Å²) in [7, 11) is -0.0894. The van der Waals surface area contributed by atoms with Gasteiger partial charge in [-0.1, -0.05) is 18.2 Å². The Balaban J connectivity index is 1.84. The number of sulfonamides is 1. The highest BCUT2D eigenvalue weighted by Gasteiger charge is 2.23. The molecule has 0 fully saturated rings. The fraction of sp³-hybridized carbons (Fsp3) is 0.278. The summed E-state index contributed by atoms with van der Waals surface area (Å²) in [5.74, 6) is 0. The van der Waals surface area contributed by atoms with E-state index in [9.17, 15) is 18.5 Å². The summed E-state index contributed by atoms with van der Waals surface area (Å²) in [6.07, 6.45) is 0.615. The van der Waals surface area contributed by atoms with Gasteiger partial charge in [-0.05, 0) is 73.5 Å². The van der Waals surface area contributed by atoms with Crippen LogP contribution >= 0.6 is 11.8 Å². The van der Waals surface area contributed by atoms with Crippen molar-refractivity contribution >= 4 is 27.5 Å². The molecule has 164 valence electrons. The van der Waals surface area contributed by atoms with Crippen LogP contribution in [0.5, 0.6) is 0 Å². The van der Waals surface area contributed by atoms with Gasteiger partial charge >= 0.3 is 0 Å². The summed E-state index contributed by atoms with van der Waals surface area (Å²) in [5.41, 5.74) is 0.350. The van der Waals surface area contributed by atoms with Crippen LogP contribution in [0.3, 0.4) is 0 Å². The maximum Gasteiger partial charge on any atom is 0.284 e. The van der Waals surface area contributed by atoms with Gasteiger partial charge in [0.15, 0.2) is 0 Å². The summed E-state index contributed by atoms with van der Waals surface area (Å²) in [4.78, 5) is 13.0. The van der Waals surface area contributed by atoms with E-state index >= 15 is 0 Å². The standard InChI is InChI=1S/C18H21N7O4S2/c1-23(2)12-6-11-19-31(28,29)15-9-10-17(16(13-15)25(26)27)30-18-20-21-22-24(18)14-7-4-3-5-8-14/h3-5,7-10,13,19H,6,11-12H2,1-2H3. The highest BCUT2D eigenvalue weighted by Crippen LogP contribution is 2.35. The molecule has 0 unspecified atom stereocenters. The number of tetrazole rings is 1. The summed E-state index contributed by atoms with van der Waals surface area (Å²) in [6.45, 7) is 0.949. The van der Waals surface area contributed by atoms with E-state index in [0.717, 1.165) is 17.8 Å². The molecule has 0 atom stereocenters. The fourth-order valence-electron chi connectivity index (χ4n) is 2.65. The van der Waals surface area contributed by atoms with Gasteiger partial charge in [0, 0.05) is 12.6 Å². The van der Waals surface area contributed by atoms with Gasteiger partial charge in [0.05, 0.1) is 20.4 Å². The topological polar surface area (TPSA) is 136 Å². The molecule has 0 aliphatic rings. The molecule has 0 aliphatic heterocycles. The molecule has 1 heterocycles. The number of nitrogens with one attached hydrogen (secondary N) is 1. The van der Waals surface area contributed by atoms with Crippen molar-refractivity contribution in [3.63, 3.8) is 0 Å². The second-order valence-electron chi connectivity index (χ2n) is 6.75. The summed E-state index contributed by atoms with van der Waals surface area (Å²) < 4.78 is 29.0. The third-order valence-corrected chi connectivity index (χ3v) is 6.62. The average Bonchev–Trinajstić information content (AvgIpc) is 3.20. The molecule has 0 aliphatic carbocycles. The summed E-state index contributed by atoms with van der Waals surface area (Å²) in [6, 6.07) is 12.9. The van der Waals surface area contributed by atoms with Crippen LogP contribution in [0.1, 0.15) is 6.42 Å². The zero-order chi connectivity index (χ0) is 22.4. The van der Waals surface area contributed by atoms with Crippen LogP contribution < -0.4 is 4.72 Å². The Morgan fingerprint density at radius 1 is 1.19 bits per heavy atom. The number of hydrogen-bond donors (Lipinski definition) is 1. The minimum Gasteiger partial charge on any atom is -0.309 e. The Bertz CT molecular complexity index is 1150. The van der Waals surface area contributed by atoms with E-state index in [-0.39, 0.29) is 22.0 Å². The maximum atomic E-state index is 12.5. The van der Waals surface area contributed by atoms with Crippen molar-refractivity contribution in [2.75, 3.05) is 27.2 Å². The number of benzene rings is 2. The van der Waals surface area contributed by atoms with Crippen LogP contribution in [0.25, 0.3) is 5.69 Å². The van der Waals surface area contributed by atoms with E-state index < -0.39 is 14.9 Å². The third kappa shape index (κ3) is 5.85. The van der Waals surface area contributed by atoms with Crippen LogP contribution in [-0.2, 0) is 10.0 Å². The largest absolute Gasteiger partial charge is 0.309 e. The molecule has 31 heavy (non-hydrogen) atoms. The zero-order valence-corrected chi connectivity index (χ0v) is 18.5. The monoisotopic (exact) mass is 463 g/mol. The molecule has 0 amide bonds. The molecule has 1 aromatic heterocycles. The van der Waals surface area contributed by atoms with Crippen LogP contribution in [-0.4, -0.2) is 65.6 Å². The molecule has 0 saturated heterocycles. The zero-order valence-electron chi connectivity index (χ0n) is 16.9. The normalized spacial score (nSPS) is 11.7. The van der Waals surface area contributed by atoms with Crippen molar-refractivity contribution in [3.05, 3.63) is 58.6 Å². The minimum absolute atomic E-state index is 0.170. The Morgan fingerprint density at radius 3 is 2.61 bits per heavy atom. The van der Waals surface area contributed by atoms with Crippen molar-refractivity contribution in [2.45, 2.75) is 21.4 Å². The number of nitrogens with zero attached hydrogens (tertiary/aromatic N) is 6. The SMILES string of the molecule is CN(C)CCCNS(=O)(=O)c1ccc(Sc2nnnn2-c2ccccc2)c([N+](=O)[O-])c1. The van der Waals surface area contributed by atoms with Gasteiger partial charge in [0.2, 0.25) is 15.2 Å². The molecule has 13 heteroatoms. The fourth-order valence-corrected chi connectivity index (χ4v) is 4.62. The van der Waals surface area contributed by atoms with Crippen molar-refractivity contribution in [1.29, 1.82) is 0 Å². The first kappa shape index (κ1) is 22.8. The predicted molar refractivity (Wildman–Crippen MR) is 115 cm³/mol. The Morgan fingerprint density at radius 2 is 1.94 bits per heavy atom. The molecule has 3 aromatic rings. The van der Waals surface area contributed by atoms with E-state index in [4.69, 9.17) is 0 Å². The Kier molecular flexibility index (Phi) is 7.33. The summed E-state index contributed by atoms with van der Waals surface area (Å²) in [5, 5.41) is 23.4. The van der Waals surface area contributed by atoms with Crippen molar-refractivity contribution < 1.29 is 13.3 Å². The lowest BCUT2D eigenvalue weighted by atomic mass is 10.3. The molecule has 0 radical (unpaired) electrons. The molecule has 0 bridgehead atoms. The Hall–Kier alpha value is -2.87. The number of rotatable bonds is 10. The molecule has 0 spiro atoms. The van der Waals surface area contributed by atoms with Gasteiger partial charge in [-0.25, -0.2) is 13.1 Å². The highest BCUT2D eigenvalue weighted by atomic mass is 32.2. The second kappa shape index (κ2) is 9.96. The predicted octanol–water partition coefficient (Wildman–Crippen LogP) is 1.95. The minimum atomic E-state index is -3.87. The molecule has 1 N–H and O–H groups in total. The summed E-state index contributed by atoms with van der Waals surface area (Å²) >= 11 is 0.979. The van der Waals surface area contributed by atoms with Crippen molar-refractivity contribution in [3.8, 4) is 5.69 Å². The van der Waals surface area contributed by atoms with Crippen molar-refractivity contribution in [1.82, 2.24) is 29.8 Å². The molecule has 0 saturated carbocycles. The lowest BCUT2D eigenvalue weighted by molar-refractivity contribution is -0.388.